The minimum atomic E-state index is 0.0278. The first-order valence-electron chi connectivity index (χ1n) is 9.58. The number of fused-ring (bicyclic) bond motifs is 1. The maximum atomic E-state index is 12.4. The number of ketones is 1. The number of benzene rings is 1. The van der Waals surface area contributed by atoms with Crippen molar-refractivity contribution >= 4 is 11.7 Å². The van der Waals surface area contributed by atoms with Crippen LogP contribution in [0.15, 0.2) is 18.2 Å². The summed E-state index contributed by atoms with van der Waals surface area (Å²) in [5.41, 5.74) is 3.49. The van der Waals surface area contributed by atoms with Gasteiger partial charge in [0.2, 0.25) is 5.91 Å². The molecule has 1 saturated carbocycles. The number of carbonyl (C=O) groups is 2. The van der Waals surface area contributed by atoms with Crippen LogP contribution in [0.5, 0.6) is 0 Å². The molecular weight excluding hydrogens is 298 g/mol. The van der Waals surface area contributed by atoms with Crippen LogP contribution in [-0.4, -0.2) is 17.7 Å². The quantitative estimate of drug-likeness (QED) is 0.823. The van der Waals surface area contributed by atoms with Crippen molar-refractivity contribution in [3.63, 3.8) is 0 Å². The van der Waals surface area contributed by atoms with Crippen LogP contribution in [0.25, 0.3) is 0 Å². The Bertz CT molecular complexity index is 608. The van der Waals surface area contributed by atoms with Crippen molar-refractivity contribution < 1.29 is 9.59 Å². The van der Waals surface area contributed by atoms with E-state index in [4.69, 9.17) is 0 Å². The number of aryl methyl sites for hydroxylation is 2. The zero-order chi connectivity index (χ0) is 16.9. The van der Waals surface area contributed by atoms with E-state index in [1.165, 1.54) is 43.2 Å². The highest BCUT2D eigenvalue weighted by Crippen LogP contribution is 2.24. The molecule has 0 aliphatic heterocycles. The number of amides is 1. The first kappa shape index (κ1) is 17.2. The standard InChI is InChI=1S/C21H29NO2/c1-15-6-2-5-9-19(15)22-21(24)13-12-20(23)18-11-10-16-7-3-4-8-17(16)14-18/h10-11,14-15,19H,2-9,12-13H2,1H3,(H,22,24). The van der Waals surface area contributed by atoms with Gasteiger partial charge in [-0.25, -0.2) is 0 Å². The van der Waals surface area contributed by atoms with Crippen LogP contribution >= 0.6 is 0 Å². The number of hydrogen-bond acceptors (Lipinski definition) is 2. The fourth-order valence-corrected chi connectivity index (χ4v) is 4.09. The van der Waals surface area contributed by atoms with Gasteiger partial charge in [-0.3, -0.25) is 9.59 Å². The predicted octanol–water partition coefficient (Wildman–Crippen LogP) is 4.22. The molecule has 2 aliphatic rings. The molecular formula is C21H29NO2. The summed E-state index contributed by atoms with van der Waals surface area (Å²) in [4.78, 5) is 24.6. The van der Waals surface area contributed by atoms with E-state index in [9.17, 15) is 9.59 Å². The number of nitrogens with one attached hydrogen (secondary N) is 1. The van der Waals surface area contributed by atoms with Crippen LogP contribution in [0, 0.1) is 5.92 Å². The van der Waals surface area contributed by atoms with E-state index in [0.29, 0.717) is 24.8 Å². The maximum absolute atomic E-state index is 12.4. The number of Topliss-reactive ketones (excluding diaryl/α,β-unsaturated/α-hetero) is 1. The topological polar surface area (TPSA) is 46.2 Å². The Balaban J connectivity index is 1.50. The molecule has 2 aliphatic carbocycles. The number of carbonyl (C=O) groups excluding carboxylic acids is 2. The van der Waals surface area contributed by atoms with E-state index in [1.807, 2.05) is 6.07 Å². The number of rotatable bonds is 5. The van der Waals surface area contributed by atoms with Gasteiger partial charge in [-0.05, 0) is 61.6 Å². The summed E-state index contributed by atoms with van der Waals surface area (Å²) in [7, 11) is 0. The predicted molar refractivity (Wildman–Crippen MR) is 96.2 cm³/mol. The molecule has 3 heteroatoms. The smallest absolute Gasteiger partial charge is 0.220 e. The molecule has 0 aromatic heterocycles. The Kier molecular flexibility index (Phi) is 5.70. The Morgan fingerprint density at radius 1 is 1.00 bits per heavy atom. The van der Waals surface area contributed by atoms with E-state index < -0.39 is 0 Å². The van der Waals surface area contributed by atoms with Crippen LogP contribution in [0.3, 0.4) is 0 Å². The first-order valence-corrected chi connectivity index (χ1v) is 9.58. The summed E-state index contributed by atoms with van der Waals surface area (Å²) < 4.78 is 0. The maximum Gasteiger partial charge on any atom is 0.220 e. The van der Waals surface area contributed by atoms with Crippen LogP contribution in [-0.2, 0) is 17.6 Å². The molecule has 130 valence electrons. The Hall–Kier alpha value is -1.64. The molecule has 3 nitrogen and oxygen atoms in total. The minimum Gasteiger partial charge on any atom is -0.353 e. The SMILES string of the molecule is CC1CCCCC1NC(=O)CCC(=O)c1ccc2c(c1)CCCC2. The molecule has 1 N–H and O–H groups in total. The summed E-state index contributed by atoms with van der Waals surface area (Å²) >= 11 is 0. The third-order valence-corrected chi connectivity index (χ3v) is 5.71. The van der Waals surface area contributed by atoms with Gasteiger partial charge in [0.15, 0.2) is 5.78 Å². The second-order valence-corrected chi connectivity index (χ2v) is 7.55. The van der Waals surface area contributed by atoms with Crippen molar-refractivity contribution in [3.05, 3.63) is 34.9 Å². The van der Waals surface area contributed by atoms with E-state index in [1.54, 1.807) is 0 Å². The molecule has 1 amide bonds. The first-order chi connectivity index (χ1) is 11.6. The lowest BCUT2D eigenvalue weighted by Crippen LogP contribution is -2.41. The highest BCUT2D eigenvalue weighted by molar-refractivity contribution is 5.98. The van der Waals surface area contributed by atoms with Gasteiger partial charge in [-0.1, -0.05) is 31.9 Å². The van der Waals surface area contributed by atoms with Crippen LogP contribution in [0.2, 0.25) is 0 Å². The summed E-state index contributed by atoms with van der Waals surface area (Å²) in [5.74, 6) is 0.675. The lowest BCUT2D eigenvalue weighted by Gasteiger charge is -2.29. The Morgan fingerprint density at radius 3 is 2.54 bits per heavy atom. The van der Waals surface area contributed by atoms with E-state index in [2.05, 4.69) is 24.4 Å². The molecule has 1 aromatic rings. The van der Waals surface area contributed by atoms with Crippen molar-refractivity contribution in [3.8, 4) is 0 Å². The highest BCUT2D eigenvalue weighted by Gasteiger charge is 2.23. The molecule has 1 aromatic carbocycles. The van der Waals surface area contributed by atoms with Gasteiger partial charge in [-0.15, -0.1) is 0 Å². The lowest BCUT2D eigenvalue weighted by atomic mass is 9.86. The molecule has 0 saturated heterocycles. The average molecular weight is 327 g/mol. The van der Waals surface area contributed by atoms with Crippen molar-refractivity contribution in [2.24, 2.45) is 5.92 Å². The van der Waals surface area contributed by atoms with Crippen molar-refractivity contribution in [1.82, 2.24) is 5.32 Å². The van der Waals surface area contributed by atoms with Gasteiger partial charge in [0.1, 0.15) is 0 Å². The molecule has 3 rings (SSSR count). The van der Waals surface area contributed by atoms with Crippen molar-refractivity contribution in [2.75, 3.05) is 0 Å². The van der Waals surface area contributed by atoms with Gasteiger partial charge in [0.05, 0.1) is 0 Å². The lowest BCUT2D eigenvalue weighted by molar-refractivity contribution is -0.122. The molecule has 2 atom stereocenters. The molecule has 1 fully saturated rings. The molecule has 0 bridgehead atoms. The van der Waals surface area contributed by atoms with Gasteiger partial charge < -0.3 is 5.32 Å². The second-order valence-electron chi connectivity index (χ2n) is 7.55. The van der Waals surface area contributed by atoms with Gasteiger partial charge in [0.25, 0.3) is 0 Å². The van der Waals surface area contributed by atoms with Crippen LogP contribution in [0.1, 0.15) is 79.8 Å². The number of hydrogen-bond donors (Lipinski definition) is 1. The zero-order valence-corrected chi connectivity index (χ0v) is 14.8. The van der Waals surface area contributed by atoms with Gasteiger partial charge >= 0.3 is 0 Å². The normalized spacial score (nSPS) is 23.4. The van der Waals surface area contributed by atoms with E-state index in [-0.39, 0.29) is 11.7 Å². The fraction of sp³-hybridized carbons (Fsp3) is 0.619. The van der Waals surface area contributed by atoms with Gasteiger partial charge in [-0.2, -0.15) is 0 Å². The van der Waals surface area contributed by atoms with Crippen LogP contribution in [0.4, 0.5) is 0 Å². The monoisotopic (exact) mass is 327 g/mol. The fourth-order valence-electron chi connectivity index (χ4n) is 4.09. The summed E-state index contributed by atoms with van der Waals surface area (Å²) in [6.45, 7) is 2.21. The summed E-state index contributed by atoms with van der Waals surface area (Å²) in [5, 5.41) is 3.13. The van der Waals surface area contributed by atoms with Crippen molar-refractivity contribution in [2.45, 2.75) is 77.2 Å². The zero-order valence-electron chi connectivity index (χ0n) is 14.8. The Morgan fingerprint density at radius 2 is 1.75 bits per heavy atom. The molecule has 0 spiro atoms. The van der Waals surface area contributed by atoms with E-state index in [0.717, 1.165) is 24.8 Å². The highest BCUT2D eigenvalue weighted by atomic mass is 16.2. The average Bonchev–Trinajstić information content (AvgIpc) is 2.61. The second kappa shape index (κ2) is 7.96. The summed E-state index contributed by atoms with van der Waals surface area (Å²) in [6.07, 6.45) is 10.0. The van der Waals surface area contributed by atoms with Gasteiger partial charge in [0, 0.05) is 24.4 Å². The molecule has 2 unspecified atom stereocenters. The molecule has 24 heavy (non-hydrogen) atoms. The van der Waals surface area contributed by atoms with Crippen LogP contribution < -0.4 is 5.32 Å². The largest absolute Gasteiger partial charge is 0.353 e. The minimum absolute atomic E-state index is 0.0278. The van der Waals surface area contributed by atoms with E-state index >= 15 is 0 Å². The third kappa shape index (κ3) is 4.25. The molecule has 0 radical (unpaired) electrons. The summed E-state index contributed by atoms with van der Waals surface area (Å²) in [6, 6.07) is 6.39. The van der Waals surface area contributed by atoms with Crippen molar-refractivity contribution in [1.29, 1.82) is 0 Å². The Labute approximate surface area is 145 Å². The third-order valence-electron chi connectivity index (χ3n) is 5.71. The molecule has 0 heterocycles.